The number of carbonyl (C=O) groups excluding carboxylic acids is 1. The minimum Gasteiger partial charge on any atom is -0.299 e. The van der Waals surface area contributed by atoms with Crippen LogP contribution in [0.25, 0.3) is 0 Å². The molecule has 0 spiro atoms. The van der Waals surface area contributed by atoms with Crippen LogP contribution in [-0.2, 0) is 14.8 Å². The van der Waals surface area contributed by atoms with Crippen LogP contribution in [0.1, 0.15) is 0 Å². The minimum atomic E-state index is -3.71. The first kappa shape index (κ1) is 16.0. The molecule has 1 amide bonds. The van der Waals surface area contributed by atoms with Gasteiger partial charge in [0.2, 0.25) is 21.1 Å². The Morgan fingerprint density at radius 1 is 1.38 bits per heavy atom. The molecular weight excluding hydrogens is 380 g/mol. The SMILES string of the molecule is CN(CC(=O)Nc1nncs1)S(=O)(=O)c1ccc(Br)cc1. The van der Waals surface area contributed by atoms with Crippen LogP contribution >= 0.6 is 27.3 Å². The van der Waals surface area contributed by atoms with Crippen LogP contribution in [0.2, 0.25) is 0 Å². The predicted molar refractivity (Wildman–Crippen MR) is 82.5 cm³/mol. The Bertz CT molecular complexity index is 716. The molecule has 0 atom stereocenters. The predicted octanol–water partition coefficient (Wildman–Crippen LogP) is 1.56. The lowest BCUT2D eigenvalue weighted by Gasteiger charge is -2.16. The highest BCUT2D eigenvalue weighted by Gasteiger charge is 2.23. The van der Waals surface area contributed by atoms with E-state index in [0.29, 0.717) is 5.13 Å². The fraction of sp³-hybridized carbons (Fsp3) is 0.182. The smallest absolute Gasteiger partial charge is 0.243 e. The topological polar surface area (TPSA) is 92.3 Å². The van der Waals surface area contributed by atoms with E-state index in [1.54, 1.807) is 12.1 Å². The van der Waals surface area contributed by atoms with Gasteiger partial charge in [-0.05, 0) is 24.3 Å². The van der Waals surface area contributed by atoms with Crippen molar-refractivity contribution < 1.29 is 13.2 Å². The summed E-state index contributed by atoms with van der Waals surface area (Å²) in [5, 5.41) is 10.0. The molecule has 1 heterocycles. The number of sulfonamides is 1. The number of rotatable bonds is 5. The number of halogens is 1. The second kappa shape index (κ2) is 6.60. The maximum absolute atomic E-state index is 12.3. The standard InChI is InChI=1S/C11H11BrN4O3S2/c1-16(6-10(17)14-11-15-13-7-20-11)21(18,19)9-4-2-8(12)3-5-9/h2-5,7H,6H2,1H3,(H,14,15,17). The number of aromatic nitrogens is 2. The van der Waals surface area contributed by atoms with Gasteiger partial charge in [0, 0.05) is 11.5 Å². The Hall–Kier alpha value is -1.36. The number of anilines is 1. The molecule has 2 rings (SSSR count). The molecule has 21 heavy (non-hydrogen) atoms. The van der Waals surface area contributed by atoms with Gasteiger partial charge >= 0.3 is 0 Å². The average Bonchev–Trinajstić information content (AvgIpc) is 2.91. The van der Waals surface area contributed by atoms with Crippen LogP contribution in [0.3, 0.4) is 0 Å². The Morgan fingerprint density at radius 3 is 2.62 bits per heavy atom. The van der Waals surface area contributed by atoms with Crippen LogP contribution in [0.4, 0.5) is 5.13 Å². The van der Waals surface area contributed by atoms with Crippen LogP contribution in [0, 0.1) is 0 Å². The van der Waals surface area contributed by atoms with E-state index < -0.39 is 15.9 Å². The van der Waals surface area contributed by atoms with Gasteiger partial charge in [0.05, 0.1) is 11.4 Å². The monoisotopic (exact) mass is 390 g/mol. The van der Waals surface area contributed by atoms with Crippen LogP contribution in [-0.4, -0.2) is 42.4 Å². The van der Waals surface area contributed by atoms with Gasteiger partial charge in [0.1, 0.15) is 5.51 Å². The summed E-state index contributed by atoms with van der Waals surface area (Å²) in [4.78, 5) is 11.9. The van der Waals surface area contributed by atoms with E-state index in [0.717, 1.165) is 20.1 Å². The Labute approximate surface area is 134 Å². The van der Waals surface area contributed by atoms with Gasteiger partial charge in [-0.1, -0.05) is 27.3 Å². The van der Waals surface area contributed by atoms with E-state index in [1.165, 1.54) is 24.7 Å². The summed E-state index contributed by atoms with van der Waals surface area (Å²) in [6, 6.07) is 6.20. The summed E-state index contributed by atoms with van der Waals surface area (Å²) in [6.45, 7) is -0.308. The molecule has 7 nitrogen and oxygen atoms in total. The summed E-state index contributed by atoms with van der Waals surface area (Å²) < 4.78 is 26.3. The Balaban J connectivity index is 2.06. The molecule has 2 aromatic rings. The zero-order valence-electron chi connectivity index (χ0n) is 10.9. The average molecular weight is 391 g/mol. The van der Waals surface area contributed by atoms with Gasteiger partial charge in [-0.15, -0.1) is 10.2 Å². The van der Waals surface area contributed by atoms with Gasteiger partial charge in [0.25, 0.3) is 0 Å². The molecule has 1 N–H and O–H groups in total. The fourth-order valence-electron chi connectivity index (χ4n) is 1.46. The van der Waals surface area contributed by atoms with Crippen molar-refractivity contribution in [3.63, 3.8) is 0 Å². The normalized spacial score (nSPS) is 11.6. The van der Waals surface area contributed by atoms with Gasteiger partial charge in [-0.25, -0.2) is 8.42 Å². The third-order valence-electron chi connectivity index (χ3n) is 2.49. The summed E-state index contributed by atoms with van der Waals surface area (Å²) >= 11 is 4.39. The number of carbonyl (C=O) groups is 1. The van der Waals surface area contributed by atoms with E-state index in [9.17, 15) is 13.2 Å². The zero-order chi connectivity index (χ0) is 15.5. The minimum absolute atomic E-state index is 0.122. The first-order chi connectivity index (χ1) is 9.89. The highest BCUT2D eigenvalue weighted by Crippen LogP contribution is 2.18. The molecule has 0 saturated heterocycles. The van der Waals surface area contributed by atoms with E-state index in [4.69, 9.17) is 0 Å². The van der Waals surface area contributed by atoms with Crippen molar-refractivity contribution in [2.75, 3.05) is 18.9 Å². The molecule has 0 bridgehead atoms. The molecule has 112 valence electrons. The number of likely N-dealkylation sites (N-methyl/N-ethyl adjacent to an activating group) is 1. The molecule has 0 radical (unpaired) electrons. The third kappa shape index (κ3) is 4.06. The molecule has 0 aliphatic carbocycles. The number of hydrogen-bond acceptors (Lipinski definition) is 6. The van der Waals surface area contributed by atoms with Crippen molar-refractivity contribution in [1.29, 1.82) is 0 Å². The Kier molecular flexibility index (Phi) is 5.04. The Morgan fingerprint density at radius 2 is 2.05 bits per heavy atom. The van der Waals surface area contributed by atoms with E-state index >= 15 is 0 Å². The number of benzene rings is 1. The van der Waals surface area contributed by atoms with E-state index in [2.05, 4.69) is 31.4 Å². The molecule has 1 aromatic heterocycles. The zero-order valence-corrected chi connectivity index (χ0v) is 14.1. The molecule has 0 aliphatic rings. The number of nitrogens with zero attached hydrogens (tertiary/aromatic N) is 3. The van der Waals surface area contributed by atoms with Crippen molar-refractivity contribution in [2.24, 2.45) is 0 Å². The van der Waals surface area contributed by atoms with Crippen LogP contribution in [0.15, 0.2) is 39.1 Å². The van der Waals surface area contributed by atoms with Crippen molar-refractivity contribution in [3.8, 4) is 0 Å². The van der Waals surface area contributed by atoms with Crippen molar-refractivity contribution in [3.05, 3.63) is 34.2 Å². The summed E-state index contributed by atoms with van der Waals surface area (Å²) in [6.07, 6.45) is 0. The second-order valence-electron chi connectivity index (χ2n) is 4.01. The molecule has 1 aromatic carbocycles. The lowest BCUT2D eigenvalue weighted by Crippen LogP contribution is -2.34. The maximum atomic E-state index is 12.3. The van der Waals surface area contributed by atoms with Crippen molar-refractivity contribution in [1.82, 2.24) is 14.5 Å². The summed E-state index contributed by atoms with van der Waals surface area (Å²) in [5.74, 6) is -0.477. The van der Waals surface area contributed by atoms with Gasteiger partial charge in [-0.3, -0.25) is 10.1 Å². The number of amides is 1. The quantitative estimate of drug-likeness (QED) is 0.835. The van der Waals surface area contributed by atoms with E-state index in [1.807, 2.05) is 0 Å². The van der Waals surface area contributed by atoms with E-state index in [-0.39, 0.29) is 11.4 Å². The molecule has 0 aliphatic heterocycles. The lowest BCUT2D eigenvalue weighted by atomic mass is 10.4. The molecule has 0 saturated carbocycles. The van der Waals surface area contributed by atoms with Crippen molar-refractivity contribution >= 4 is 48.3 Å². The maximum Gasteiger partial charge on any atom is 0.243 e. The lowest BCUT2D eigenvalue weighted by molar-refractivity contribution is -0.116. The van der Waals surface area contributed by atoms with Crippen molar-refractivity contribution in [2.45, 2.75) is 4.90 Å². The summed E-state index contributed by atoms with van der Waals surface area (Å²) in [5.41, 5.74) is 1.47. The van der Waals surface area contributed by atoms with Gasteiger partial charge in [0.15, 0.2) is 0 Å². The van der Waals surface area contributed by atoms with Gasteiger partial charge in [-0.2, -0.15) is 4.31 Å². The van der Waals surface area contributed by atoms with Crippen LogP contribution in [0.5, 0.6) is 0 Å². The number of nitrogens with one attached hydrogen (secondary N) is 1. The molecule has 0 fully saturated rings. The fourth-order valence-corrected chi connectivity index (χ4v) is 3.31. The largest absolute Gasteiger partial charge is 0.299 e. The molecular formula is C11H11BrN4O3S2. The van der Waals surface area contributed by atoms with Gasteiger partial charge < -0.3 is 0 Å². The number of hydrogen-bond donors (Lipinski definition) is 1. The summed E-state index contributed by atoms with van der Waals surface area (Å²) in [7, 11) is -2.37. The molecule has 10 heteroatoms. The highest BCUT2D eigenvalue weighted by molar-refractivity contribution is 9.10. The highest BCUT2D eigenvalue weighted by atomic mass is 79.9. The first-order valence-corrected chi connectivity index (χ1v) is 8.79. The first-order valence-electron chi connectivity index (χ1n) is 5.67. The molecule has 0 unspecified atom stereocenters. The second-order valence-corrected chi connectivity index (χ2v) is 7.80. The van der Waals surface area contributed by atoms with Crippen LogP contribution < -0.4 is 5.32 Å². The third-order valence-corrected chi connectivity index (χ3v) is 5.45.